The molecule has 0 radical (unpaired) electrons. The molecule has 0 saturated heterocycles. The average molecular weight is 235 g/mol. The molecule has 0 spiro atoms. The topological polar surface area (TPSA) is 116 Å². The maximum atomic E-state index is 11.3. The Hall–Kier alpha value is -2.51. The van der Waals surface area contributed by atoms with E-state index >= 15 is 0 Å². The molecular formula is C9H9N5O3. The number of hydrogen-bond donors (Lipinski definition) is 1. The van der Waals surface area contributed by atoms with E-state index in [4.69, 9.17) is 5.73 Å². The lowest BCUT2D eigenvalue weighted by molar-refractivity contribution is -0.382. The lowest BCUT2D eigenvalue weighted by Crippen LogP contribution is -2.05. The van der Waals surface area contributed by atoms with Crippen molar-refractivity contribution in [2.75, 3.05) is 5.73 Å². The first kappa shape index (κ1) is 11.0. The highest BCUT2D eigenvalue weighted by atomic mass is 16.6. The maximum Gasteiger partial charge on any atom is 0.357 e. The molecule has 0 fully saturated rings. The van der Waals surface area contributed by atoms with Crippen molar-refractivity contribution in [2.45, 2.75) is 13.8 Å². The first-order valence-electron chi connectivity index (χ1n) is 4.72. The predicted molar refractivity (Wildman–Crippen MR) is 58.8 cm³/mol. The molecule has 17 heavy (non-hydrogen) atoms. The molecule has 0 unspecified atom stereocenters. The minimum absolute atomic E-state index is 0.0370. The van der Waals surface area contributed by atoms with Crippen LogP contribution in [-0.4, -0.2) is 25.3 Å². The van der Waals surface area contributed by atoms with Gasteiger partial charge in [-0.05, 0) is 13.8 Å². The number of ketones is 1. The smallest absolute Gasteiger partial charge is 0.357 e. The van der Waals surface area contributed by atoms with Crippen molar-refractivity contribution < 1.29 is 9.72 Å². The summed E-state index contributed by atoms with van der Waals surface area (Å²) < 4.78 is 1.21. The quantitative estimate of drug-likeness (QED) is 0.466. The van der Waals surface area contributed by atoms with Crippen LogP contribution in [0.2, 0.25) is 0 Å². The van der Waals surface area contributed by atoms with E-state index in [9.17, 15) is 14.9 Å². The first-order valence-corrected chi connectivity index (χ1v) is 4.72. The van der Waals surface area contributed by atoms with Gasteiger partial charge in [0.1, 0.15) is 0 Å². The number of anilines is 1. The second-order valence-electron chi connectivity index (χ2n) is 3.54. The van der Waals surface area contributed by atoms with Crippen LogP contribution < -0.4 is 5.73 Å². The van der Waals surface area contributed by atoms with Gasteiger partial charge in [0.2, 0.25) is 11.5 Å². The van der Waals surface area contributed by atoms with Crippen LogP contribution in [0, 0.1) is 17.0 Å². The number of aryl methyl sites for hydroxylation is 1. The third-order valence-corrected chi connectivity index (χ3v) is 2.45. The molecule has 0 amide bonds. The van der Waals surface area contributed by atoms with Crippen LogP contribution in [0.5, 0.6) is 0 Å². The summed E-state index contributed by atoms with van der Waals surface area (Å²) in [6.45, 7) is 3.01. The Kier molecular flexibility index (Phi) is 2.27. The van der Waals surface area contributed by atoms with Crippen molar-refractivity contribution in [3.63, 3.8) is 0 Å². The molecule has 0 saturated carbocycles. The lowest BCUT2D eigenvalue weighted by Gasteiger charge is -2.02. The van der Waals surface area contributed by atoms with Gasteiger partial charge >= 0.3 is 5.69 Å². The van der Waals surface area contributed by atoms with Crippen molar-refractivity contribution in [1.29, 1.82) is 0 Å². The summed E-state index contributed by atoms with van der Waals surface area (Å²) in [5, 5.41) is 14.6. The Balaban J connectivity index is 2.86. The summed E-state index contributed by atoms with van der Waals surface area (Å²) in [4.78, 5) is 25.3. The van der Waals surface area contributed by atoms with E-state index in [1.807, 2.05) is 0 Å². The van der Waals surface area contributed by atoms with Gasteiger partial charge in [0.25, 0.3) is 0 Å². The largest absolute Gasteiger partial charge is 0.376 e. The Morgan fingerprint density at radius 1 is 1.59 bits per heavy atom. The predicted octanol–water partition coefficient (Wildman–Crippen LogP) is 0.731. The Morgan fingerprint density at radius 3 is 2.76 bits per heavy atom. The number of fused-ring (bicyclic) bond motifs is 1. The standard InChI is InChI=1S/C9H9N5O3/c1-4-6(5(2)15)3-11-9-7(14(16)17)8(10)12-13(4)9/h3H,1-2H3,(H2,10,12). The number of Topliss-reactive ketones (excluding diaryl/α,β-unsaturated/α-hetero) is 1. The second-order valence-corrected chi connectivity index (χ2v) is 3.54. The highest BCUT2D eigenvalue weighted by Gasteiger charge is 2.24. The highest BCUT2D eigenvalue weighted by Crippen LogP contribution is 2.26. The monoisotopic (exact) mass is 235 g/mol. The summed E-state index contributed by atoms with van der Waals surface area (Å²) >= 11 is 0. The van der Waals surface area contributed by atoms with E-state index in [1.54, 1.807) is 6.92 Å². The first-order chi connectivity index (χ1) is 7.93. The van der Waals surface area contributed by atoms with Gasteiger partial charge < -0.3 is 5.73 Å². The molecule has 0 bridgehead atoms. The number of aromatic nitrogens is 3. The summed E-state index contributed by atoms with van der Waals surface area (Å²) in [6, 6.07) is 0. The van der Waals surface area contributed by atoms with E-state index < -0.39 is 4.92 Å². The third kappa shape index (κ3) is 1.50. The zero-order chi connectivity index (χ0) is 12.7. The van der Waals surface area contributed by atoms with Crippen LogP contribution in [0.1, 0.15) is 23.0 Å². The van der Waals surface area contributed by atoms with Gasteiger partial charge in [-0.1, -0.05) is 0 Å². The molecule has 0 aromatic carbocycles. The molecule has 8 nitrogen and oxygen atoms in total. The third-order valence-electron chi connectivity index (χ3n) is 2.45. The number of nitrogen functional groups attached to an aromatic ring is 1. The van der Waals surface area contributed by atoms with Gasteiger partial charge in [-0.25, -0.2) is 9.50 Å². The van der Waals surface area contributed by atoms with E-state index in [0.717, 1.165) is 0 Å². The van der Waals surface area contributed by atoms with Crippen molar-refractivity contribution in [2.24, 2.45) is 0 Å². The minimum Gasteiger partial charge on any atom is -0.376 e. The van der Waals surface area contributed by atoms with Gasteiger partial charge in [0.15, 0.2) is 5.78 Å². The van der Waals surface area contributed by atoms with Crippen molar-refractivity contribution >= 4 is 22.9 Å². The van der Waals surface area contributed by atoms with Crippen LogP contribution in [0.4, 0.5) is 11.5 Å². The van der Waals surface area contributed by atoms with Gasteiger partial charge in [-0.15, -0.1) is 5.10 Å². The molecule has 88 valence electrons. The molecule has 0 aliphatic heterocycles. The maximum absolute atomic E-state index is 11.3. The number of nitrogens with zero attached hydrogens (tertiary/aromatic N) is 4. The number of nitrogens with two attached hydrogens (primary N) is 1. The molecule has 2 heterocycles. The number of rotatable bonds is 2. The van der Waals surface area contributed by atoms with Crippen LogP contribution in [0.15, 0.2) is 6.20 Å². The fourth-order valence-corrected chi connectivity index (χ4v) is 1.62. The van der Waals surface area contributed by atoms with Gasteiger partial charge in [-0.3, -0.25) is 14.9 Å². The normalized spacial score (nSPS) is 10.7. The molecule has 2 rings (SSSR count). The van der Waals surface area contributed by atoms with E-state index in [-0.39, 0.29) is 22.9 Å². The van der Waals surface area contributed by atoms with E-state index in [0.29, 0.717) is 11.3 Å². The molecule has 0 atom stereocenters. The fraction of sp³-hybridized carbons (Fsp3) is 0.222. The summed E-state index contributed by atoms with van der Waals surface area (Å²) in [6.07, 6.45) is 1.29. The van der Waals surface area contributed by atoms with Gasteiger partial charge in [0, 0.05) is 6.20 Å². The van der Waals surface area contributed by atoms with Crippen molar-refractivity contribution in [3.05, 3.63) is 27.6 Å². The molecule has 8 heteroatoms. The molecule has 2 N–H and O–H groups in total. The lowest BCUT2D eigenvalue weighted by atomic mass is 10.2. The number of hydrogen-bond acceptors (Lipinski definition) is 6. The van der Waals surface area contributed by atoms with Crippen LogP contribution in [-0.2, 0) is 0 Å². The highest BCUT2D eigenvalue weighted by molar-refractivity contribution is 5.95. The van der Waals surface area contributed by atoms with Crippen molar-refractivity contribution in [3.8, 4) is 0 Å². The Labute approximate surface area is 95.2 Å². The zero-order valence-corrected chi connectivity index (χ0v) is 9.17. The zero-order valence-electron chi connectivity index (χ0n) is 9.17. The summed E-state index contributed by atoms with van der Waals surface area (Å²) in [5.74, 6) is -0.403. The van der Waals surface area contributed by atoms with Gasteiger partial charge in [0.05, 0.1) is 16.2 Å². The van der Waals surface area contributed by atoms with Crippen molar-refractivity contribution in [1.82, 2.24) is 14.6 Å². The number of carbonyl (C=O) groups excluding carboxylic acids is 1. The molecule has 0 aliphatic carbocycles. The fourth-order valence-electron chi connectivity index (χ4n) is 1.62. The number of carbonyl (C=O) groups is 1. The van der Waals surface area contributed by atoms with E-state index in [1.165, 1.54) is 17.6 Å². The summed E-state index contributed by atoms with van der Waals surface area (Å²) in [7, 11) is 0. The Bertz CT molecular complexity index is 646. The van der Waals surface area contributed by atoms with E-state index in [2.05, 4.69) is 10.1 Å². The molecule has 2 aromatic heterocycles. The average Bonchev–Trinajstić information content (AvgIpc) is 2.55. The van der Waals surface area contributed by atoms with Crippen LogP contribution in [0.3, 0.4) is 0 Å². The SMILES string of the molecule is CC(=O)c1cnc2c([N+](=O)[O-])c(N)nn2c1C. The van der Waals surface area contributed by atoms with Crippen LogP contribution >= 0.6 is 0 Å². The summed E-state index contributed by atoms with van der Waals surface area (Å²) in [5.41, 5.74) is 5.97. The Morgan fingerprint density at radius 2 is 2.24 bits per heavy atom. The number of nitro groups is 1. The van der Waals surface area contributed by atoms with Gasteiger partial charge in [-0.2, -0.15) is 0 Å². The van der Waals surface area contributed by atoms with Crippen LogP contribution in [0.25, 0.3) is 5.65 Å². The second kappa shape index (κ2) is 3.51. The molecule has 0 aliphatic rings. The minimum atomic E-state index is -0.641. The molecular weight excluding hydrogens is 226 g/mol. The molecule has 2 aromatic rings.